The standard InChI is InChI=1S/C32H36N6O2/c1-22-11-12-25-26(34-22)8-6-9-27(25)37-17-15-36(16-18-37)14-13-24-7-5-10-28-32(24)40-20-29-31(33-21-38(28)29)30(39)19-23(2)35(3)4/h5-12,19,21H,13-18,20H2,1-4H3. The third kappa shape index (κ3) is 4.95. The van der Waals surface area contributed by atoms with Crippen LogP contribution in [0.2, 0.25) is 0 Å². The first-order valence-corrected chi connectivity index (χ1v) is 13.9. The number of anilines is 1. The minimum Gasteiger partial charge on any atom is -0.485 e. The van der Waals surface area contributed by atoms with E-state index in [1.807, 2.05) is 43.5 Å². The minimum absolute atomic E-state index is 0.0998. The Kier molecular flexibility index (Phi) is 7.02. The summed E-state index contributed by atoms with van der Waals surface area (Å²) in [4.78, 5) is 29.0. The number of carbonyl (C=O) groups is 1. The van der Waals surface area contributed by atoms with Gasteiger partial charge in [0.1, 0.15) is 24.4 Å². The number of hydrogen-bond acceptors (Lipinski definition) is 7. The molecule has 206 valence electrons. The van der Waals surface area contributed by atoms with E-state index < -0.39 is 0 Å². The molecule has 0 saturated carbocycles. The number of pyridine rings is 1. The molecule has 0 N–H and O–H groups in total. The molecule has 0 unspecified atom stereocenters. The zero-order valence-electron chi connectivity index (χ0n) is 23.7. The quantitative estimate of drug-likeness (QED) is 0.252. The van der Waals surface area contributed by atoms with E-state index >= 15 is 0 Å². The van der Waals surface area contributed by atoms with E-state index in [-0.39, 0.29) is 5.78 Å². The molecule has 0 amide bonds. The highest BCUT2D eigenvalue weighted by Crippen LogP contribution is 2.35. The SMILES string of the molecule is CC(=CC(=O)c1ncn2c1COc1c(CCN3CCN(c4cccc5nc(C)ccc45)CC3)cccc1-2)N(C)C. The number of allylic oxidation sites excluding steroid dienone is 2. The lowest BCUT2D eigenvalue weighted by atomic mass is 10.1. The van der Waals surface area contributed by atoms with Gasteiger partial charge in [-0.1, -0.05) is 18.2 Å². The van der Waals surface area contributed by atoms with Gasteiger partial charge in [-0.05, 0) is 56.2 Å². The van der Waals surface area contributed by atoms with Crippen LogP contribution in [-0.4, -0.2) is 76.9 Å². The molecular formula is C32H36N6O2. The van der Waals surface area contributed by atoms with E-state index in [0.29, 0.717) is 12.3 Å². The summed E-state index contributed by atoms with van der Waals surface area (Å²) in [5.74, 6) is 0.792. The van der Waals surface area contributed by atoms with Gasteiger partial charge in [-0.2, -0.15) is 0 Å². The summed E-state index contributed by atoms with van der Waals surface area (Å²) >= 11 is 0. The van der Waals surface area contributed by atoms with Gasteiger partial charge in [-0.3, -0.25) is 19.2 Å². The minimum atomic E-state index is -0.0998. The largest absolute Gasteiger partial charge is 0.485 e. The van der Waals surface area contributed by atoms with Crippen LogP contribution in [0.3, 0.4) is 0 Å². The fourth-order valence-electron chi connectivity index (χ4n) is 5.58. The predicted molar refractivity (Wildman–Crippen MR) is 159 cm³/mol. The van der Waals surface area contributed by atoms with Crippen molar-refractivity contribution in [1.82, 2.24) is 24.3 Å². The first-order valence-electron chi connectivity index (χ1n) is 13.9. The van der Waals surface area contributed by atoms with Crippen molar-refractivity contribution in [3.05, 3.63) is 89.3 Å². The molecule has 2 aliphatic rings. The van der Waals surface area contributed by atoms with Crippen LogP contribution >= 0.6 is 0 Å². The molecule has 2 aromatic heterocycles. The fourth-order valence-corrected chi connectivity index (χ4v) is 5.58. The Morgan fingerprint density at radius 2 is 1.80 bits per heavy atom. The van der Waals surface area contributed by atoms with E-state index in [0.717, 1.165) is 73.2 Å². The number of piperazine rings is 1. The van der Waals surface area contributed by atoms with Crippen LogP contribution in [0.4, 0.5) is 5.69 Å². The van der Waals surface area contributed by atoms with E-state index in [2.05, 4.69) is 57.2 Å². The van der Waals surface area contributed by atoms with Crippen molar-refractivity contribution in [3.63, 3.8) is 0 Å². The van der Waals surface area contributed by atoms with Gasteiger partial charge in [0, 0.05) is 75.4 Å². The van der Waals surface area contributed by atoms with Gasteiger partial charge in [0.2, 0.25) is 5.78 Å². The lowest BCUT2D eigenvalue weighted by Gasteiger charge is -2.36. The molecule has 0 aliphatic carbocycles. The molecular weight excluding hydrogens is 500 g/mol. The van der Waals surface area contributed by atoms with Crippen LogP contribution in [0.1, 0.15) is 34.4 Å². The number of aromatic nitrogens is 3. The summed E-state index contributed by atoms with van der Waals surface area (Å²) in [5, 5.41) is 1.22. The Hall–Kier alpha value is -4.17. The Balaban J connectivity index is 1.12. The molecule has 0 bridgehead atoms. The normalized spacial score (nSPS) is 15.5. The van der Waals surface area contributed by atoms with E-state index in [4.69, 9.17) is 9.72 Å². The molecule has 8 nitrogen and oxygen atoms in total. The highest BCUT2D eigenvalue weighted by molar-refractivity contribution is 6.04. The lowest BCUT2D eigenvalue weighted by molar-refractivity contribution is 0.103. The Morgan fingerprint density at radius 3 is 2.60 bits per heavy atom. The summed E-state index contributed by atoms with van der Waals surface area (Å²) in [6.45, 7) is 9.28. The number of carbonyl (C=O) groups excluding carboxylic acids is 1. The molecule has 4 aromatic rings. The fraction of sp³-hybridized carbons (Fsp3) is 0.344. The van der Waals surface area contributed by atoms with Crippen LogP contribution in [-0.2, 0) is 13.0 Å². The Labute approximate surface area is 235 Å². The summed E-state index contributed by atoms with van der Waals surface area (Å²) in [6.07, 6.45) is 4.28. The van der Waals surface area contributed by atoms with Gasteiger partial charge in [-0.15, -0.1) is 0 Å². The molecule has 4 heterocycles. The topological polar surface area (TPSA) is 66.7 Å². The second-order valence-corrected chi connectivity index (χ2v) is 10.9. The number of rotatable bonds is 7. The maximum atomic E-state index is 12.9. The van der Waals surface area contributed by atoms with Crippen molar-refractivity contribution in [2.24, 2.45) is 0 Å². The average molecular weight is 537 g/mol. The van der Waals surface area contributed by atoms with Gasteiger partial charge < -0.3 is 14.5 Å². The van der Waals surface area contributed by atoms with Crippen LogP contribution in [0.15, 0.2) is 66.6 Å². The first kappa shape index (κ1) is 26.1. The van der Waals surface area contributed by atoms with Crippen LogP contribution in [0.25, 0.3) is 16.6 Å². The van der Waals surface area contributed by atoms with E-state index in [9.17, 15) is 4.79 Å². The van der Waals surface area contributed by atoms with Crippen molar-refractivity contribution in [1.29, 1.82) is 0 Å². The molecule has 1 fully saturated rings. The second-order valence-electron chi connectivity index (χ2n) is 10.9. The Morgan fingerprint density at radius 1 is 1.02 bits per heavy atom. The van der Waals surface area contributed by atoms with Crippen LogP contribution in [0.5, 0.6) is 5.75 Å². The zero-order chi connectivity index (χ0) is 27.8. The number of ketones is 1. The number of hydrogen-bond donors (Lipinski definition) is 0. The number of imidazole rings is 1. The van der Waals surface area contributed by atoms with E-state index in [1.54, 1.807) is 12.4 Å². The molecule has 0 atom stereocenters. The number of fused-ring (bicyclic) bond motifs is 4. The van der Waals surface area contributed by atoms with E-state index in [1.165, 1.54) is 16.6 Å². The molecule has 40 heavy (non-hydrogen) atoms. The zero-order valence-corrected chi connectivity index (χ0v) is 23.7. The third-order valence-corrected chi connectivity index (χ3v) is 8.09. The second kappa shape index (κ2) is 10.8. The van der Waals surface area contributed by atoms with Crippen molar-refractivity contribution >= 4 is 22.4 Å². The van der Waals surface area contributed by atoms with Gasteiger partial charge in [0.15, 0.2) is 0 Å². The van der Waals surface area contributed by atoms with Crippen molar-refractivity contribution < 1.29 is 9.53 Å². The van der Waals surface area contributed by atoms with Crippen molar-refractivity contribution in [3.8, 4) is 11.4 Å². The Bertz CT molecular complexity index is 1600. The molecule has 0 spiro atoms. The predicted octanol–water partition coefficient (Wildman–Crippen LogP) is 4.63. The van der Waals surface area contributed by atoms with Crippen LogP contribution in [0, 0.1) is 6.92 Å². The van der Waals surface area contributed by atoms with Gasteiger partial charge in [-0.25, -0.2) is 4.98 Å². The summed E-state index contributed by atoms with van der Waals surface area (Å²) in [7, 11) is 3.85. The lowest BCUT2D eigenvalue weighted by Crippen LogP contribution is -2.47. The average Bonchev–Trinajstić information content (AvgIpc) is 3.41. The number of para-hydroxylation sites is 1. The summed E-state index contributed by atoms with van der Waals surface area (Å²) in [5.41, 5.74) is 7.65. The van der Waals surface area contributed by atoms with Crippen molar-refractivity contribution in [2.45, 2.75) is 26.9 Å². The molecule has 8 heteroatoms. The molecule has 6 rings (SSSR count). The highest BCUT2D eigenvalue weighted by atomic mass is 16.5. The first-order chi connectivity index (χ1) is 19.4. The molecule has 1 saturated heterocycles. The van der Waals surface area contributed by atoms with Gasteiger partial charge in [0.25, 0.3) is 0 Å². The van der Waals surface area contributed by atoms with Crippen LogP contribution < -0.4 is 9.64 Å². The van der Waals surface area contributed by atoms with Gasteiger partial charge >= 0.3 is 0 Å². The molecule has 0 radical (unpaired) electrons. The maximum Gasteiger partial charge on any atom is 0.207 e. The summed E-state index contributed by atoms with van der Waals surface area (Å²) in [6, 6.07) is 17.0. The summed E-state index contributed by atoms with van der Waals surface area (Å²) < 4.78 is 8.28. The maximum absolute atomic E-state index is 12.9. The van der Waals surface area contributed by atoms with Crippen molar-refractivity contribution in [2.75, 3.05) is 51.7 Å². The molecule has 2 aliphatic heterocycles. The number of benzene rings is 2. The molecule has 2 aromatic carbocycles. The number of ether oxygens (including phenoxy) is 1. The highest BCUT2D eigenvalue weighted by Gasteiger charge is 2.26. The smallest absolute Gasteiger partial charge is 0.207 e. The monoisotopic (exact) mass is 536 g/mol. The number of nitrogens with zero attached hydrogens (tertiary/aromatic N) is 6. The third-order valence-electron chi connectivity index (χ3n) is 8.09. The van der Waals surface area contributed by atoms with Gasteiger partial charge in [0.05, 0.1) is 16.9 Å². The number of aryl methyl sites for hydroxylation is 1.